The van der Waals surface area contributed by atoms with Gasteiger partial charge in [0.05, 0.1) is 11.6 Å². The first-order valence-corrected chi connectivity index (χ1v) is 11.9. The van der Waals surface area contributed by atoms with E-state index in [2.05, 4.69) is 50.9 Å². The number of carbonyl (C=O) groups excluding carboxylic acids is 1. The Hall–Kier alpha value is -3.66. The second kappa shape index (κ2) is 10.7. The number of unbranched alkanes of at least 4 members (excludes halogenated alkanes) is 1. The first-order valence-electron chi connectivity index (χ1n) is 11.9. The highest BCUT2D eigenvalue weighted by Gasteiger charge is 2.27. The number of hydrogen-bond donors (Lipinski definition) is 1. The van der Waals surface area contributed by atoms with Gasteiger partial charge in [0.25, 0.3) is 0 Å². The lowest BCUT2D eigenvalue weighted by Gasteiger charge is -2.33. The van der Waals surface area contributed by atoms with Crippen LogP contribution in [0.15, 0.2) is 58.8 Å². The zero-order valence-electron chi connectivity index (χ0n) is 21.2. The summed E-state index contributed by atoms with van der Waals surface area (Å²) in [6.07, 6.45) is 2.02. The van der Waals surface area contributed by atoms with Gasteiger partial charge in [0.15, 0.2) is 12.3 Å². The van der Waals surface area contributed by atoms with Crippen LogP contribution in [-0.2, 0) is 16.8 Å². The molecule has 1 aromatic heterocycles. The quantitative estimate of drug-likeness (QED) is 0.265. The van der Waals surface area contributed by atoms with Crippen LogP contribution in [0.2, 0.25) is 0 Å². The predicted octanol–water partition coefficient (Wildman–Crippen LogP) is 7.05. The van der Waals surface area contributed by atoms with Gasteiger partial charge in [0.2, 0.25) is 5.88 Å². The van der Waals surface area contributed by atoms with Crippen molar-refractivity contribution < 1.29 is 14.6 Å². The molecule has 0 spiro atoms. The average molecular weight is 475 g/mol. The van der Waals surface area contributed by atoms with Gasteiger partial charge in [-0.05, 0) is 47.4 Å². The summed E-state index contributed by atoms with van der Waals surface area (Å²) in [4.78, 5) is 12.3. The van der Waals surface area contributed by atoms with Crippen LogP contribution in [0, 0.1) is 16.7 Å². The minimum atomic E-state index is -0.553. The number of benzene rings is 2. The van der Waals surface area contributed by atoms with Gasteiger partial charge >= 0.3 is 5.91 Å². The van der Waals surface area contributed by atoms with E-state index in [1.807, 2.05) is 48.5 Å². The van der Waals surface area contributed by atoms with Crippen molar-refractivity contribution in [2.24, 2.45) is 15.6 Å². The van der Waals surface area contributed by atoms with Crippen LogP contribution < -0.4 is 4.74 Å². The van der Waals surface area contributed by atoms with Crippen molar-refractivity contribution in [2.75, 3.05) is 6.61 Å². The van der Waals surface area contributed by atoms with Crippen LogP contribution in [-0.4, -0.2) is 22.2 Å². The van der Waals surface area contributed by atoms with Crippen molar-refractivity contribution >= 4 is 22.5 Å². The number of aromatic hydroxyl groups is 1. The van der Waals surface area contributed by atoms with Crippen molar-refractivity contribution in [2.45, 2.75) is 65.8 Å². The molecule has 0 aliphatic rings. The average Bonchev–Trinajstić information content (AvgIpc) is 3.06. The maximum absolute atomic E-state index is 12.3. The number of hydrogen-bond acceptors (Lipinski definition) is 5. The molecule has 1 N–H and O–H groups in total. The fraction of sp³-hybridized carbons (Fsp3) is 0.429. The molecule has 0 aliphatic carbocycles. The van der Waals surface area contributed by atoms with Crippen LogP contribution in [0.4, 0.5) is 5.69 Å². The maximum atomic E-state index is 12.3. The number of fused-ring (bicyclic) bond motifs is 1. The smallest absolute Gasteiger partial charge is 0.302 e. The van der Waals surface area contributed by atoms with Crippen LogP contribution in [0.5, 0.6) is 11.6 Å². The number of para-hydroxylation sites is 1. The van der Waals surface area contributed by atoms with Gasteiger partial charge in [-0.2, -0.15) is 5.26 Å². The Morgan fingerprint density at radius 2 is 1.77 bits per heavy atom. The lowest BCUT2D eigenvalue weighted by atomic mass is 9.72. The van der Waals surface area contributed by atoms with E-state index >= 15 is 0 Å². The number of aromatic nitrogens is 1. The Balaban J connectivity index is 1.66. The molecule has 1 heterocycles. The summed E-state index contributed by atoms with van der Waals surface area (Å²) in [6, 6.07) is 17.3. The fourth-order valence-corrected chi connectivity index (χ4v) is 4.62. The number of amides is 1. The van der Waals surface area contributed by atoms with Crippen molar-refractivity contribution in [1.29, 1.82) is 5.26 Å². The van der Waals surface area contributed by atoms with Gasteiger partial charge in [0, 0.05) is 18.4 Å². The van der Waals surface area contributed by atoms with Crippen molar-refractivity contribution in [3.8, 4) is 17.7 Å². The molecule has 7 nitrogen and oxygen atoms in total. The molecule has 7 heteroatoms. The number of nitriles is 1. The van der Waals surface area contributed by atoms with E-state index in [9.17, 15) is 9.90 Å². The third kappa shape index (κ3) is 6.69. The molecule has 0 unspecified atom stereocenters. The third-order valence-corrected chi connectivity index (χ3v) is 5.82. The highest BCUT2D eigenvalue weighted by atomic mass is 16.5. The Kier molecular flexibility index (Phi) is 7.96. The minimum absolute atomic E-state index is 0.0244. The summed E-state index contributed by atoms with van der Waals surface area (Å²) >= 11 is 0. The molecule has 0 aliphatic heterocycles. The molecule has 0 bridgehead atoms. The van der Waals surface area contributed by atoms with E-state index in [1.54, 1.807) is 4.57 Å². The standard InChI is InChI=1S/C28H34N4O3/c1-27(2,3)19-28(4,5)20-12-14-21(15-13-20)35-18-24(33)30-31-25-22-10-6-7-11-23(22)32(26(25)34)17-9-8-16-29/h6-7,10-15,34H,8-9,17-19H2,1-5H3. The third-order valence-electron chi connectivity index (χ3n) is 5.82. The van der Waals surface area contributed by atoms with Crippen LogP contribution in [0.1, 0.15) is 59.4 Å². The van der Waals surface area contributed by atoms with Crippen molar-refractivity contribution in [1.82, 2.24) is 4.57 Å². The van der Waals surface area contributed by atoms with Gasteiger partial charge < -0.3 is 14.4 Å². The molecule has 0 saturated heterocycles. The molecule has 0 saturated carbocycles. The second-order valence-electron chi connectivity index (χ2n) is 10.6. The highest BCUT2D eigenvalue weighted by Crippen LogP contribution is 2.39. The molecule has 184 valence electrons. The topological polar surface area (TPSA) is 100.0 Å². The van der Waals surface area contributed by atoms with Gasteiger partial charge in [-0.3, -0.25) is 4.79 Å². The van der Waals surface area contributed by atoms with E-state index < -0.39 is 5.91 Å². The van der Waals surface area contributed by atoms with Crippen LogP contribution in [0.3, 0.4) is 0 Å². The minimum Gasteiger partial charge on any atom is -0.493 e. The Morgan fingerprint density at radius 1 is 1.09 bits per heavy atom. The summed E-state index contributed by atoms with van der Waals surface area (Å²) in [7, 11) is 0. The lowest BCUT2D eigenvalue weighted by Crippen LogP contribution is -2.24. The largest absolute Gasteiger partial charge is 0.493 e. The second-order valence-corrected chi connectivity index (χ2v) is 10.6. The Labute approximate surface area is 207 Å². The number of azo groups is 1. The summed E-state index contributed by atoms with van der Waals surface area (Å²) in [5.74, 6) is -0.0429. The normalized spacial score (nSPS) is 12.2. The molecular formula is C28H34N4O3. The fourth-order valence-electron chi connectivity index (χ4n) is 4.62. The molecule has 35 heavy (non-hydrogen) atoms. The van der Waals surface area contributed by atoms with Gasteiger partial charge in [-0.1, -0.05) is 65.0 Å². The monoisotopic (exact) mass is 474 g/mol. The summed E-state index contributed by atoms with van der Waals surface area (Å²) in [6.45, 7) is 11.4. The van der Waals surface area contributed by atoms with Gasteiger partial charge in [-0.15, -0.1) is 10.2 Å². The Morgan fingerprint density at radius 3 is 2.43 bits per heavy atom. The molecule has 0 radical (unpaired) electrons. The van der Waals surface area contributed by atoms with E-state index in [0.29, 0.717) is 30.5 Å². The SMILES string of the molecule is CC(C)(C)CC(C)(C)c1ccc(OCC(=O)N=Nc2c(O)n(CCCC#N)c3ccccc23)cc1. The van der Waals surface area contributed by atoms with E-state index in [1.165, 1.54) is 5.56 Å². The highest BCUT2D eigenvalue weighted by molar-refractivity contribution is 5.95. The number of rotatable bonds is 9. The summed E-state index contributed by atoms with van der Waals surface area (Å²) < 4.78 is 7.30. The molecule has 3 aromatic rings. The molecule has 3 rings (SSSR count). The molecule has 0 atom stereocenters. The van der Waals surface area contributed by atoms with E-state index in [-0.39, 0.29) is 29.0 Å². The van der Waals surface area contributed by atoms with Crippen molar-refractivity contribution in [3.05, 3.63) is 54.1 Å². The number of ether oxygens (including phenoxy) is 1. The first-order chi connectivity index (χ1) is 16.5. The molecule has 1 amide bonds. The van der Waals surface area contributed by atoms with Crippen LogP contribution in [0.25, 0.3) is 10.9 Å². The van der Waals surface area contributed by atoms with E-state index in [4.69, 9.17) is 10.00 Å². The van der Waals surface area contributed by atoms with E-state index in [0.717, 1.165) is 11.9 Å². The van der Waals surface area contributed by atoms with Gasteiger partial charge in [0.1, 0.15) is 5.75 Å². The molecular weight excluding hydrogens is 440 g/mol. The number of carbonyl (C=O) groups is 1. The first kappa shape index (κ1) is 26.0. The zero-order chi connectivity index (χ0) is 25.6. The number of aryl methyl sites for hydroxylation is 1. The van der Waals surface area contributed by atoms with Gasteiger partial charge in [-0.25, -0.2) is 0 Å². The summed E-state index contributed by atoms with van der Waals surface area (Å²) in [5, 5.41) is 28.0. The van der Waals surface area contributed by atoms with Crippen molar-refractivity contribution in [3.63, 3.8) is 0 Å². The lowest BCUT2D eigenvalue weighted by molar-refractivity contribution is -0.120. The zero-order valence-corrected chi connectivity index (χ0v) is 21.2. The predicted molar refractivity (Wildman–Crippen MR) is 137 cm³/mol. The molecule has 2 aromatic carbocycles. The Bertz CT molecular complexity index is 1240. The maximum Gasteiger partial charge on any atom is 0.302 e. The molecule has 0 fully saturated rings. The number of nitrogens with zero attached hydrogens (tertiary/aromatic N) is 4. The van der Waals surface area contributed by atoms with Crippen LogP contribution >= 0.6 is 0 Å². The summed E-state index contributed by atoms with van der Waals surface area (Å²) in [5.41, 5.74) is 2.46.